The Kier molecular flexibility index (Phi) is 4.77. The molecule has 0 aliphatic rings. The second kappa shape index (κ2) is 5.62. The Morgan fingerprint density at radius 3 is 2.62 bits per heavy atom. The molecule has 1 nitrogen and oxygen atoms in total. The molecule has 0 aromatic heterocycles. The Morgan fingerprint density at radius 1 is 1.46 bits per heavy atom. The van der Waals surface area contributed by atoms with Gasteiger partial charge in [-0.3, -0.25) is 0 Å². The summed E-state index contributed by atoms with van der Waals surface area (Å²) >= 11 is 10.1. The van der Waals surface area contributed by atoms with E-state index in [2.05, 4.69) is 33.4 Å². The lowest BCUT2D eigenvalue weighted by atomic mass is 10.2. The van der Waals surface area contributed by atoms with Gasteiger partial charge in [0.1, 0.15) is 4.32 Å². The molecule has 0 atom stereocenters. The van der Waals surface area contributed by atoms with Crippen molar-refractivity contribution in [3.05, 3.63) is 34.3 Å². The van der Waals surface area contributed by atoms with Gasteiger partial charge in [0, 0.05) is 17.3 Å². The number of halogens is 1. The van der Waals surface area contributed by atoms with Crippen LogP contribution in [0, 0.1) is 0 Å². The number of thioether (sulfide) groups is 1. The molecule has 70 valence electrons. The highest BCUT2D eigenvalue weighted by atomic mass is 79.9. The van der Waals surface area contributed by atoms with Gasteiger partial charge in [-0.25, -0.2) is 0 Å². The fraction of sp³-hybridized carbons (Fsp3) is 0.222. The SMILES string of the molecule is CNC(=S)SCc1ccc(Br)cc1. The topological polar surface area (TPSA) is 12.0 Å². The van der Waals surface area contributed by atoms with Crippen molar-refractivity contribution in [2.45, 2.75) is 5.75 Å². The molecule has 1 N–H and O–H groups in total. The zero-order valence-corrected chi connectivity index (χ0v) is 10.4. The largest absolute Gasteiger partial charge is 0.374 e. The van der Waals surface area contributed by atoms with Gasteiger partial charge in [-0.2, -0.15) is 0 Å². The van der Waals surface area contributed by atoms with Crippen LogP contribution in [0.25, 0.3) is 0 Å². The molecule has 0 saturated carbocycles. The Labute approximate surface area is 96.4 Å². The monoisotopic (exact) mass is 275 g/mol. The van der Waals surface area contributed by atoms with Gasteiger partial charge in [0.25, 0.3) is 0 Å². The third-order valence-electron chi connectivity index (χ3n) is 1.49. The van der Waals surface area contributed by atoms with Crippen LogP contribution in [0.3, 0.4) is 0 Å². The molecular weight excluding hydrogens is 266 g/mol. The number of hydrogen-bond donors (Lipinski definition) is 1. The summed E-state index contributed by atoms with van der Waals surface area (Å²) in [6.07, 6.45) is 0. The van der Waals surface area contributed by atoms with Crippen LogP contribution in [0.5, 0.6) is 0 Å². The van der Waals surface area contributed by atoms with Gasteiger partial charge in [0.2, 0.25) is 0 Å². The maximum absolute atomic E-state index is 5.02. The van der Waals surface area contributed by atoms with Crippen LogP contribution in [0.2, 0.25) is 0 Å². The molecule has 0 radical (unpaired) electrons. The van der Waals surface area contributed by atoms with Crippen LogP contribution >= 0.6 is 39.9 Å². The second-order valence-electron chi connectivity index (χ2n) is 2.45. The molecule has 0 aliphatic heterocycles. The summed E-state index contributed by atoms with van der Waals surface area (Å²) < 4.78 is 1.94. The molecule has 1 aromatic carbocycles. The Hall–Kier alpha value is -0.0600. The Bertz CT molecular complexity index is 284. The van der Waals surface area contributed by atoms with E-state index in [1.807, 2.05) is 19.2 Å². The number of hydrogen-bond acceptors (Lipinski definition) is 2. The first-order chi connectivity index (χ1) is 6.22. The quantitative estimate of drug-likeness (QED) is 0.833. The Balaban J connectivity index is 2.46. The van der Waals surface area contributed by atoms with E-state index >= 15 is 0 Å². The van der Waals surface area contributed by atoms with E-state index in [4.69, 9.17) is 12.2 Å². The number of thiocarbonyl (C=S) groups is 1. The molecule has 1 rings (SSSR count). The van der Waals surface area contributed by atoms with Crippen molar-refractivity contribution in [1.29, 1.82) is 0 Å². The lowest BCUT2D eigenvalue weighted by Crippen LogP contribution is -2.10. The summed E-state index contributed by atoms with van der Waals surface area (Å²) in [4.78, 5) is 0. The lowest BCUT2D eigenvalue weighted by molar-refractivity contribution is 1.23. The third-order valence-corrected chi connectivity index (χ3v) is 3.52. The van der Waals surface area contributed by atoms with E-state index in [1.165, 1.54) is 5.56 Å². The summed E-state index contributed by atoms with van der Waals surface area (Å²) in [6.45, 7) is 0. The predicted octanol–water partition coefficient (Wildman–Crippen LogP) is 3.19. The van der Waals surface area contributed by atoms with Crippen LogP contribution in [0.15, 0.2) is 28.7 Å². The van der Waals surface area contributed by atoms with Crippen LogP contribution < -0.4 is 5.32 Å². The number of nitrogens with one attached hydrogen (secondary N) is 1. The summed E-state index contributed by atoms with van der Waals surface area (Å²) in [6, 6.07) is 8.27. The van der Waals surface area contributed by atoms with Crippen molar-refractivity contribution in [2.75, 3.05) is 7.05 Å². The van der Waals surface area contributed by atoms with Crippen LogP contribution in [0.1, 0.15) is 5.56 Å². The lowest BCUT2D eigenvalue weighted by Gasteiger charge is -2.02. The van der Waals surface area contributed by atoms with Gasteiger partial charge in [0.05, 0.1) is 0 Å². The van der Waals surface area contributed by atoms with Gasteiger partial charge in [0.15, 0.2) is 0 Å². The maximum atomic E-state index is 5.02. The molecule has 0 saturated heterocycles. The van der Waals surface area contributed by atoms with Crippen molar-refractivity contribution in [2.24, 2.45) is 0 Å². The molecule has 0 unspecified atom stereocenters. The minimum absolute atomic E-state index is 0.836. The van der Waals surface area contributed by atoms with Crippen molar-refractivity contribution < 1.29 is 0 Å². The van der Waals surface area contributed by atoms with Gasteiger partial charge < -0.3 is 5.32 Å². The second-order valence-corrected chi connectivity index (χ2v) is 5.02. The first kappa shape index (κ1) is 11.0. The minimum Gasteiger partial charge on any atom is -0.374 e. The molecule has 0 fully saturated rings. The average molecular weight is 276 g/mol. The van der Waals surface area contributed by atoms with Crippen molar-refractivity contribution in [3.8, 4) is 0 Å². The van der Waals surface area contributed by atoms with Crippen LogP contribution in [0.4, 0.5) is 0 Å². The third kappa shape index (κ3) is 4.11. The van der Waals surface area contributed by atoms with E-state index in [0.717, 1.165) is 14.5 Å². The van der Waals surface area contributed by atoms with Crippen molar-refractivity contribution in [1.82, 2.24) is 5.32 Å². The van der Waals surface area contributed by atoms with Crippen molar-refractivity contribution >= 4 is 44.2 Å². The van der Waals surface area contributed by atoms with E-state index in [1.54, 1.807) is 11.8 Å². The van der Waals surface area contributed by atoms with E-state index in [0.29, 0.717) is 0 Å². The summed E-state index contributed by atoms with van der Waals surface area (Å²) in [5.41, 5.74) is 1.28. The summed E-state index contributed by atoms with van der Waals surface area (Å²) in [5, 5.41) is 2.93. The zero-order chi connectivity index (χ0) is 9.68. The van der Waals surface area contributed by atoms with Crippen LogP contribution in [-0.2, 0) is 5.75 Å². The van der Waals surface area contributed by atoms with E-state index in [9.17, 15) is 0 Å². The maximum Gasteiger partial charge on any atom is 0.133 e. The van der Waals surface area contributed by atoms with Gasteiger partial charge in [-0.05, 0) is 17.7 Å². The standard InChI is InChI=1S/C9H10BrNS2/c1-11-9(12)13-6-7-2-4-8(10)5-3-7/h2-5H,6H2,1H3,(H,11,12). The molecule has 0 aliphatic carbocycles. The van der Waals surface area contributed by atoms with Crippen LogP contribution in [-0.4, -0.2) is 11.4 Å². The Morgan fingerprint density at radius 2 is 2.08 bits per heavy atom. The highest BCUT2D eigenvalue weighted by Crippen LogP contribution is 2.16. The van der Waals surface area contributed by atoms with Gasteiger partial charge in [-0.1, -0.05) is 52.0 Å². The summed E-state index contributed by atoms with van der Waals surface area (Å²) in [5.74, 6) is 0.924. The highest BCUT2D eigenvalue weighted by Gasteiger charge is 1.96. The van der Waals surface area contributed by atoms with Crippen molar-refractivity contribution in [3.63, 3.8) is 0 Å². The first-order valence-electron chi connectivity index (χ1n) is 3.81. The molecule has 4 heteroatoms. The molecule has 0 amide bonds. The number of rotatable bonds is 2. The predicted molar refractivity (Wildman–Crippen MR) is 67.1 cm³/mol. The zero-order valence-electron chi connectivity index (χ0n) is 7.21. The minimum atomic E-state index is 0.836. The molecule has 0 spiro atoms. The molecule has 0 heterocycles. The number of benzene rings is 1. The normalized spacial score (nSPS) is 9.69. The van der Waals surface area contributed by atoms with Gasteiger partial charge in [-0.15, -0.1) is 0 Å². The van der Waals surface area contributed by atoms with E-state index < -0.39 is 0 Å². The average Bonchev–Trinajstić information content (AvgIpc) is 2.16. The molecule has 13 heavy (non-hydrogen) atoms. The fourth-order valence-electron chi connectivity index (χ4n) is 0.802. The van der Waals surface area contributed by atoms with Gasteiger partial charge >= 0.3 is 0 Å². The molecule has 0 bridgehead atoms. The molecule has 1 aromatic rings. The smallest absolute Gasteiger partial charge is 0.133 e. The first-order valence-corrected chi connectivity index (χ1v) is 6.00. The van der Waals surface area contributed by atoms with E-state index in [-0.39, 0.29) is 0 Å². The summed E-state index contributed by atoms with van der Waals surface area (Å²) in [7, 11) is 1.84. The fourth-order valence-corrected chi connectivity index (χ4v) is 1.88. The highest BCUT2D eigenvalue weighted by molar-refractivity contribution is 9.10. The molecular formula is C9H10BrNS2.